The summed E-state index contributed by atoms with van der Waals surface area (Å²) in [5.41, 5.74) is 5.54. The zero-order valence-corrected chi connectivity index (χ0v) is 17.4. The molecule has 0 fully saturated rings. The summed E-state index contributed by atoms with van der Waals surface area (Å²) < 4.78 is 1.28. The van der Waals surface area contributed by atoms with E-state index in [9.17, 15) is 14.4 Å². The van der Waals surface area contributed by atoms with E-state index in [2.05, 4.69) is 4.98 Å². The highest BCUT2D eigenvalue weighted by Crippen LogP contribution is 2.24. The maximum absolute atomic E-state index is 13.0. The van der Waals surface area contributed by atoms with Gasteiger partial charge in [-0.1, -0.05) is 49.5 Å². The summed E-state index contributed by atoms with van der Waals surface area (Å²) >= 11 is 12.0. The summed E-state index contributed by atoms with van der Waals surface area (Å²) in [6.45, 7) is 4.53. The molecule has 0 saturated heterocycles. The van der Waals surface area contributed by atoms with Crippen molar-refractivity contribution in [2.24, 2.45) is 0 Å². The largest absolute Gasteiger partial charge is 0.383 e. The number of nitrogens with one attached hydrogen (secondary N) is 1. The van der Waals surface area contributed by atoms with Gasteiger partial charge in [0.1, 0.15) is 5.82 Å². The minimum absolute atomic E-state index is 0.00538. The van der Waals surface area contributed by atoms with E-state index in [1.807, 2.05) is 13.8 Å². The summed E-state index contributed by atoms with van der Waals surface area (Å²) in [6, 6.07) is 4.94. The number of unbranched alkanes of at least 4 members (excludes halogenated alkanes) is 1. The molecule has 0 aliphatic rings. The molecule has 0 aliphatic heterocycles. The van der Waals surface area contributed by atoms with Gasteiger partial charge in [0.2, 0.25) is 5.91 Å². The molecule has 9 heteroatoms. The predicted octanol–water partition coefficient (Wildman–Crippen LogP) is 3.21. The highest BCUT2D eigenvalue weighted by Gasteiger charge is 2.24. The van der Waals surface area contributed by atoms with Gasteiger partial charge in [0.25, 0.3) is 5.56 Å². The van der Waals surface area contributed by atoms with Gasteiger partial charge in [-0.3, -0.25) is 19.1 Å². The molecule has 3 N–H and O–H groups in total. The maximum atomic E-state index is 13.0. The van der Waals surface area contributed by atoms with Gasteiger partial charge in [0.05, 0.1) is 16.5 Å². The Morgan fingerprint density at radius 2 is 1.89 bits per heavy atom. The predicted molar refractivity (Wildman–Crippen MR) is 113 cm³/mol. The molecule has 152 valence electrons. The van der Waals surface area contributed by atoms with E-state index in [-0.39, 0.29) is 23.8 Å². The second kappa shape index (κ2) is 9.80. The topological polar surface area (TPSA) is 101 Å². The minimum Gasteiger partial charge on any atom is -0.383 e. The van der Waals surface area contributed by atoms with Crippen LogP contribution in [0.5, 0.6) is 0 Å². The molecule has 0 spiro atoms. The molecule has 1 heterocycles. The lowest BCUT2D eigenvalue weighted by Gasteiger charge is -2.24. The van der Waals surface area contributed by atoms with Crippen molar-refractivity contribution in [3.8, 4) is 0 Å². The third-order valence-corrected chi connectivity index (χ3v) is 5.05. The highest BCUT2D eigenvalue weighted by atomic mass is 35.5. The number of nitrogens with zero attached hydrogens (tertiary/aromatic N) is 2. The van der Waals surface area contributed by atoms with E-state index >= 15 is 0 Å². The molecule has 0 saturated carbocycles. The molecule has 1 amide bonds. The second-order valence-electron chi connectivity index (χ2n) is 6.47. The molecule has 1 aromatic heterocycles. The lowest BCUT2D eigenvalue weighted by Crippen LogP contribution is -2.42. The van der Waals surface area contributed by atoms with Gasteiger partial charge in [0.15, 0.2) is 5.69 Å². The van der Waals surface area contributed by atoms with Crippen molar-refractivity contribution in [2.75, 3.05) is 17.2 Å². The van der Waals surface area contributed by atoms with Gasteiger partial charge in [-0.25, -0.2) is 4.79 Å². The van der Waals surface area contributed by atoms with Gasteiger partial charge in [-0.05, 0) is 30.5 Å². The molecule has 0 atom stereocenters. The van der Waals surface area contributed by atoms with Crippen molar-refractivity contribution in [1.82, 2.24) is 9.55 Å². The molecular weight excluding hydrogens is 403 g/mol. The smallest absolute Gasteiger partial charge is 0.330 e. The van der Waals surface area contributed by atoms with Crippen LogP contribution in [0.25, 0.3) is 0 Å². The van der Waals surface area contributed by atoms with Crippen molar-refractivity contribution in [3.05, 3.63) is 54.6 Å². The van der Waals surface area contributed by atoms with Crippen LogP contribution in [0.15, 0.2) is 27.8 Å². The number of H-pyrrole nitrogens is 1. The fraction of sp³-hybridized carbons (Fsp3) is 0.421. The number of carbonyl (C=O) groups excluding carboxylic acids is 1. The summed E-state index contributed by atoms with van der Waals surface area (Å²) in [5, 5.41) is 0.744. The van der Waals surface area contributed by atoms with Gasteiger partial charge < -0.3 is 10.6 Å². The molecule has 28 heavy (non-hydrogen) atoms. The number of aromatic amines is 1. The molecule has 0 bridgehead atoms. The minimum atomic E-state index is -0.673. The van der Waals surface area contributed by atoms with E-state index in [1.165, 1.54) is 9.47 Å². The summed E-state index contributed by atoms with van der Waals surface area (Å²) in [6.07, 6.45) is 2.18. The summed E-state index contributed by atoms with van der Waals surface area (Å²) in [4.78, 5) is 41.2. The van der Waals surface area contributed by atoms with E-state index in [1.54, 1.807) is 18.2 Å². The summed E-state index contributed by atoms with van der Waals surface area (Å²) in [7, 11) is 0. The summed E-state index contributed by atoms with van der Waals surface area (Å²) in [5.74, 6) is -0.320. The van der Waals surface area contributed by atoms with Crippen LogP contribution in [-0.2, 0) is 17.8 Å². The number of amides is 1. The molecule has 0 unspecified atom stereocenters. The first-order chi connectivity index (χ1) is 13.3. The van der Waals surface area contributed by atoms with Crippen LogP contribution in [0, 0.1) is 0 Å². The Labute approximate surface area is 173 Å². The lowest BCUT2D eigenvalue weighted by atomic mass is 10.1. The number of nitrogens with two attached hydrogens (primary N) is 1. The van der Waals surface area contributed by atoms with E-state index in [0.717, 1.165) is 6.42 Å². The Morgan fingerprint density at radius 3 is 2.50 bits per heavy atom. The first-order valence-corrected chi connectivity index (χ1v) is 9.92. The van der Waals surface area contributed by atoms with Gasteiger partial charge >= 0.3 is 5.69 Å². The third-order valence-electron chi connectivity index (χ3n) is 4.31. The Hall–Kier alpha value is -2.25. The molecule has 7 nitrogen and oxygen atoms in total. The second-order valence-corrected chi connectivity index (χ2v) is 7.28. The Kier molecular flexibility index (Phi) is 7.71. The van der Waals surface area contributed by atoms with E-state index in [0.29, 0.717) is 41.5 Å². The number of rotatable bonds is 8. The SMILES string of the molecule is CCCCN(C(=O)Cc1ccc(Cl)c(Cl)c1)c1c(N)n(CCC)c(=O)[nH]c1=O. The number of aromatic nitrogens is 2. The van der Waals surface area contributed by atoms with Crippen LogP contribution in [0.1, 0.15) is 38.7 Å². The molecule has 0 radical (unpaired) electrons. The van der Waals surface area contributed by atoms with Crippen LogP contribution in [0.2, 0.25) is 10.0 Å². The van der Waals surface area contributed by atoms with Crippen molar-refractivity contribution >= 4 is 40.6 Å². The van der Waals surface area contributed by atoms with Gasteiger partial charge in [-0.2, -0.15) is 0 Å². The number of hydrogen-bond donors (Lipinski definition) is 2. The third kappa shape index (κ3) is 4.97. The average molecular weight is 427 g/mol. The van der Waals surface area contributed by atoms with Crippen LogP contribution in [0.4, 0.5) is 11.5 Å². The van der Waals surface area contributed by atoms with E-state index in [4.69, 9.17) is 28.9 Å². The van der Waals surface area contributed by atoms with Gasteiger partial charge in [0, 0.05) is 13.1 Å². The maximum Gasteiger partial charge on any atom is 0.330 e. The monoisotopic (exact) mass is 426 g/mol. The van der Waals surface area contributed by atoms with Crippen LogP contribution >= 0.6 is 23.2 Å². The average Bonchev–Trinajstić information content (AvgIpc) is 2.64. The molecule has 0 aliphatic carbocycles. The normalized spacial score (nSPS) is 10.9. The highest BCUT2D eigenvalue weighted by molar-refractivity contribution is 6.42. The van der Waals surface area contributed by atoms with Gasteiger partial charge in [-0.15, -0.1) is 0 Å². The first-order valence-electron chi connectivity index (χ1n) is 9.17. The number of benzene rings is 1. The fourth-order valence-electron chi connectivity index (χ4n) is 2.88. The Balaban J connectivity index is 2.47. The van der Waals surface area contributed by atoms with Crippen molar-refractivity contribution in [2.45, 2.75) is 46.1 Å². The molecule has 1 aromatic carbocycles. The quantitative estimate of drug-likeness (QED) is 0.676. The Morgan fingerprint density at radius 1 is 1.18 bits per heavy atom. The van der Waals surface area contributed by atoms with E-state index < -0.39 is 11.2 Å². The van der Waals surface area contributed by atoms with Crippen molar-refractivity contribution in [3.63, 3.8) is 0 Å². The zero-order chi connectivity index (χ0) is 20.8. The number of halogens is 2. The van der Waals surface area contributed by atoms with Crippen molar-refractivity contribution in [1.29, 1.82) is 0 Å². The first kappa shape index (κ1) is 22.0. The lowest BCUT2D eigenvalue weighted by molar-refractivity contribution is -0.118. The van der Waals surface area contributed by atoms with Crippen LogP contribution in [-0.4, -0.2) is 22.0 Å². The Bertz CT molecular complexity index is 969. The van der Waals surface area contributed by atoms with Crippen molar-refractivity contribution < 1.29 is 4.79 Å². The number of hydrogen-bond acceptors (Lipinski definition) is 4. The molecule has 2 rings (SSSR count). The molecule has 2 aromatic rings. The van der Waals surface area contributed by atoms with Crippen LogP contribution in [0.3, 0.4) is 0 Å². The standard InChI is InChI=1S/C19H24Cl2N4O3/c1-3-5-9-24(15(26)11-12-6-7-13(20)14(21)10-12)16-17(22)25(8-4-2)19(28)23-18(16)27/h6-7,10H,3-5,8-9,11,22H2,1-2H3,(H,23,27,28). The number of nitrogen functional groups attached to an aromatic ring is 1. The zero-order valence-electron chi connectivity index (χ0n) is 15.9. The number of carbonyl (C=O) groups is 1. The van der Waals surface area contributed by atoms with Crippen LogP contribution < -0.4 is 21.9 Å². The number of anilines is 2. The molecular formula is C19H24Cl2N4O3. The fourth-order valence-corrected chi connectivity index (χ4v) is 3.20.